The highest BCUT2D eigenvalue weighted by Gasteiger charge is 2.32. The maximum Gasteiger partial charge on any atom is 0.340 e. The van der Waals surface area contributed by atoms with Gasteiger partial charge in [0.05, 0.1) is 37.3 Å². The smallest absolute Gasteiger partial charge is 0.340 e. The molecule has 0 fully saturated rings. The molecule has 23 heavy (non-hydrogen) atoms. The first-order chi connectivity index (χ1) is 11.1. The number of fused-ring (bicyclic) bond motifs is 1. The number of ether oxygens (including phenoxy) is 3. The van der Waals surface area contributed by atoms with Gasteiger partial charge >= 0.3 is 11.9 Å². The minimum Gasteiger partial charge on any atom is -0.469 e. The third-order valence-corrected chi connectivity index (χ3v) is 3.72. The molecular formula is C16H15NO6. The average Bonchev–Trinajstić information content (AvgIpc) is 3.20. The van der Waals surface area contributed by atoms with Gasteiger partial charge in [-0.15, -0.1) is 0 Å². The Bertz CT molecular complexity index is 797. The fourth-order valence-corrected chi connectivity index (χ4v) is 2.60. The Balaban J connectivity index is 2.22. The molecule has 2 aromatic heterocycles. The van der Waals surface area contributed by atoms with Crippen molar-refractivity contribution >= 4 is 23.8 Å². The quantitative estimate of drug-likeness (QED) is 0.809. The van der Waals surface area contributed by atoms with Crippen LogP contribution in [-0.4, -0.2) is 30.7 Å². The number of carbonyl (C=O) groups excluding carboxylic acids is 2. The van der Waals surface area contributed by atoms with E-state index in [1.165, 1.54) is 20.5 Å². The second-order valence-corrected chi connectivity index (χ2v) is 4.89. The first kappa shape index (κ1) is 15.0. The summed E-state index contributed by atoms with van der Waals surface area (Å²) in [7, 11) is 2.53. The van der Waals surface area contributed by atoms with Gasteiger partial charge in [0.25, 0.3) is 0 Å². The summed E-state index contributed by atoms with van der Waals surface area (Å²) in [6.07, 6.45) is 3.17. The lowest BCUT2D eigenvalue weighted by atomic mass is 10.1. The van der Waals surface area contributed by atoms with Crippen molar-refractivity contribution in [3.8, 4) is 0 Å². The highest BCUT2D eigenvalue weighted by atomic mass is 16.5. The highest BCUT2D eigenvalue weighted by molar-refractivity contribution is 6.07. The Morgan fingerprint density at radius 1 is 1.17 bits per heavy atom. The number of aromatic nitrogens is 1. The van der Waals surface area contributed by atoms with Crippen molar-refractivity contribution in [1.29, 1.82) is 0 Å². The van der Waals surface area contributed by atoms with Crippen molar-refractivity contribution in [2.45, 2.75) is 13.7 Å². The van der Waals surface area contributed by atoms with Gasteiger partial charge in [-0.05, 0) is 19.1 Å². The second kappa shape index (κ2) is 5.68. The van der Waals surface area contributed by atoms with Crippen molar-refractivity contribution in [2.75, 3.05) is 14.2 Å². The molecule has 3 rings (SSSR count). The van der Waals surface area contributed by atoms with E-state index in [-0.39, 0.29) is 17.9 Å². The van der Waals surface area contributed by atoms with Crippen LogP contribution in [0.25, 0.3) is 11.8 Å². The molecule has 7 nitrogen and oxygen atoms in total. The predicted octanol–water partition coefficient (Wildman–Crippen LogP) is 2.45. The summed E-state index contributed by atoms with van der Waals surface area (Å²) >= 11 is 0. The number of nitrogens with zero attached hydrogens (tertiary/aromatic N) is 1. The number of hydrogen-bond acceptors (Lipinski definition) is 6. The van der Waals surface area contributed by atoms with Crippen LogP contribution >= 0.6 is 0 Å². The average molecular weight is 317 g/mol. The van der Waals surface area contributed by atoms with E-state index in [0.717, 1.165) is 0 Å². The summed E-state index contributed by atoms with van der Waals surface area (Å²) in [5.74, 6) is -0.205. The third kappa shape index (κ3) is 2.30. The standard InChI is InChI=1S/C16H15NO6/c1-9-13(15(18)20-2)14(16(19)21-3)10-7-12(23-8-17(9)10)11-5-4-6-22-11/h4-7H,8H2,1-3H3. The topological polar surface area (TPSA) is 79.9 Å². The summed E-state index contributed by atoms with van der Waals surface area (Å²) in [4.78, 5) is 24.3. The van der Waals surface area contributed by atoms with E-state index >= 15 is 0 Å². The molecule has 0 aliphatic carbocycles. The van der Waals surface area contributed by atoms with Gasteiger partial charge in [-0.1, -0.05) is 0 Å². The van der Waals surface area contributed by atoms with E-state index in [2.05, 4.69) is 0 Å². The SMILES string of the molecule is COC(=O)c1c(C(=O)OC)c2n(c1C)COC(c1ccco1)=C2. The van der Waals surface area contributed by atoms with Crippen molar-refractivity contribution in [3.05, 3.63) is 46.7 Å². The van der Waals surface area contributed by atoms with E-state index in [4.69, 9.17) is 18.6 Å². The molecule has 0 bridgehead atoms. The van der Waals surface area contributed by atoms with Gasteiger partial charge in [0.2, 0.25) is 0 Å². The lowest BCUT2D eigenvalue weighted by molar-refractivity contribution is 0.0556. The van der Waals surface area contributed by atoms with Crippen molar-refractivity contribution in [1.82, 2.24) is 4.57 Å². The normalized spacial score (nSPS) is 12.9. The number of carbonyl (C=O) groups is 2. The second-order valence-electron chi connectivity index (χ2n) is 4.89. The monoisotopic (exact) mass is 317 g/mol. The molecule has 0 aromatic carbocycles. The molecular weight excluding hydrogens is 302 g/mol. The molecule has 2 aromatic rings. The molecule has 3 heterocycles. The lowest BCUT2D eigenvalue weighted by Gasteiger charge is -2.18. The Hall–Kier alpha value is -2.96. The number of rotatable bonds is 3. The van der Waals surface area contributed by atoms with Crippen LogP contribution in [0.15, 0.2) is 22.8 Å². The molecule has 0 amide bonds. The van der Waals surface area contributed by atoms with E-state index < -0.39 is 11.9 Å². The van der Waals surface area contributed by atoms with Gasteiger partial charge in [-0.2, -0.15) is 0 Å². The fraction of sp³-hybridized carbons (Fsp3) is 0.250. The van der Waals surface area contributed by atoms with Crippen molar-refractivity contribution in [3.63, 3.8) is 0 Å². The zero-order valence-corrected chi connectivity index (χ0v) is 12.9. The van der Waals surface area contributed by atoms with Gasteiger partial charge in [-0.3, -0.25) is 0 Å². The summed E-state index contributed by atoms with van der Waals surface area (Å²) < 4.78 is 22.3. The zero-order valence-electron chi connectivity index (χ0n) is 12.9. The zero-order chi connectivity index (χ0) is 16.6. The first-order valence-corrected chi connectivity index (χ1v) is 6.86. The van der Waals surface area contributed by atoms with Crippen LogP contribution in [0.3, 0.4) is 0 Å². The number of furan rings is 1. The van der Waals surface area contributed by atoms with Crippen LogP contribution in [0.5, 0.6) is 0 Å². The van der Waals surface area contributed by atoms with Crippen LogP contribution in [0.1, 0.15) is 37.9 Å². The summed E-state index contributed by atoms with van der Waals surface area (Å²) in [5, 5.41) is 0. The molecule has 0 unspecified atom stereocenters. The Kier molecular flexibility index (Phi) is 3.69. The molecule has 7 heteroatoms. The molecule has 0 atom stereocenters. The molecule has 0 N–H and O–H groups in total. The predicted molar refractivity (Wildman–Crippen MR) is 79.5 cm³/mol. The van der Waals surface area contributed by atoms with Crippen molar-refractivity contribution < 1.29 is 28.2 Å². The van der Waals surface area contributed by atoms with Crippen LogP contribution in [0, 0.1) is 6.92 Å². The highest BCUT2D eigenvalue weighted by Crippen LogP contribution is 2.33. The van der Waals surface area contributed by atoms with Gasteiger partial charge in [0.15, 0.2) is 18.3 Å². The van der Waals surface area contributed by atoms with Gasteiger partial charge in [0, 0.05) is 11.8 Å². The minimum absolute atomic E-state index is 0.148. The van der Waals surface area contributed by atoms with Gasteiger partial charge in [0.1, 0.15) is 0 Å². The molecule has 0 saturated heterocycles. The van der Waals surface area contributed by atoms with Crippen molar-refractivity contribution in [2.24, 2.45) is 0 Å². The number of hydrogen-bond donors (Lipinski definition) is 0. The van der Waals surface area contributed by atoms with E-state index in [0.29, 0.717) is 22.9 Å². The Morgan fingerprint density at radius 3 is 2.48 bits per heavy atom. The molecule has 0 saturated carbocycles. The van der Waals surface area contributed by atoms with Crippen LogP contribution in [0.2, 0.25) is 0 Å². The molecule has 120 valence electrons. The maximum atomic E-state index is 12.2. The summed E-state index contributed by atoms with van der Waals surface area (Å²) in [6, 6.07) is 3.48. The van der Waals surface area contributed by atoms with Gasteiger partial charge < -0.3 is 23.2 Å². The first-order valence-electron chi connectivity index (χ1n) is 6.86. The van der Waals surface area contributed by atoms with Crippen LogP contribution < -0.4 is 0 Å². The maximum absolute atomic E-state index is 12.2. The minimum atomic E-state index is -0.612. The van der Waals surface area contributed by atoms with E-state index in [1.807, 2.05) is 0 Å². The third-order valence-electron chi connectivity index (χ3n) is 3.72. The summed E-state index contributed by atoms with van der Waals surface area (Å²) in [6.45, 7) is 1.87. The molecule has 0 spiro atoms. The van der Waals surface area contributed by atoms with Crippen LogP contribution in [-0.2, 0) is 20.9 Å². The Labute approximate surface area is 132 Å². The lowest BCUT2D eigenvalue weighted by Crippen LogP contribution is -2.13. The Morgan fingerprint density at radius 2 is 1.87 bits per heavy atom. The summed E-state index contributed by atoms with van der Waals surface area (Å²) in [5.41, 5.74) is 1.42. The molecule has 0 radical (unpaired) electrons. The van der Waals surface area contributed by atoms with E-state index in [1.54, 1.807) is 29.7 Å². The molecule has 1 aliphatic rings. The largest absolute Gasteiger partial charge is 0.469 e. The fourth-order valence-electron chi connectivity index (χ4n) is 2.60. The van der Waals surface area contributed by atoms with E-state index in [9.17, 15) is 9.59 Å². The van der Waals surface area contributed by atoms with Gasteiger partial charge in [-0.25, -0.2) is 9.59 Å². The number of methoxy groups -OCH3 is 2. The van der Waals surface area contributed by atoms with Crippen LogP contribution in [0.4, 0.5) is 0 Å². The number of esters is 2. The molecule has 1 aliphatic heterocycles.